The molecule has 0 unspecified atom stereocenters. The second-order valence-corrected chi connectivity index (χ2v) is 1.34. The van der Waals surface area contributed by atoms with Gasteiger partial charge in [0.05, 0.1) is 0 Å². The second kappa shape index (κ2) is 1.64. The average molecular weight is 97.1 g/mol. The molecule has 1 heterocycles. The van der Waals surface area contributed by atoms with Gasteiger partial charge in [0.2, 0.25) is 0 Å². The first-order chi connectivity index (χ1) is 3.39. The van der Waals surface area contributed by atoms with Gasteiger partial charge in [0.15, 0.2) is 0 Å². The third kappa shape index (κ3) is 0.924. The summed E-state index contributed by atoms with van der Waals surface area (Å²) in [6.07, 6.45) is 4.45. The Morgan fingerprint density at radius 2 is 2.71 bits per heavy atom. The molecule has 0 spiro atoms. The van der Waals surface area contributed by atoms with Crippen LogP contribution in [0.25, 0.3) is 0 Å². The van der Waals surface area contributed by atoms with E-state index in [-0.39, 0.29) is 0 Å². The highest BCUT2D eigenvalue weighted by molar-refractivity contribution is 5.81. The normalized spacial score (nSPS) is 18.0. The van der Waals surface area contributed by atoms with Gasteiger partial charge in [0.25, 0.3) is 0 Å². The lowest BCUT2D eigenvalue weighted by atomic mass is 10.4. The van der Waals surface area contributed by atoms with Crippen LogP contribution in [0.1, 0.15) is 6.42 Å². The zero-order valence-electron chi connectivity index (χ0n) is 3.89. The van der Waals surface area contributed by atoms with Gasteiger partial charge in [-0.3, -0.25) is 5.43 Å². The molecule has 3 nitrogen and oxygen atoms in total. The fourth-order valence-corrected chi connectivity index (χ4v) is 0.398. The Balaban J connectivity index is 2.50. The van der Waals surface area contributed by atoms with E-state index in [0.717, 1.165) is 6.42 Å². The molecule has 0 saturated heterocycles. The lowest BCUT2D eigenvalue weighted by molar-refractivity contribution is 0.927. The molecule has 0 aromatic heterocycles. The topological polar surface area (TPSA) is 50.4 Å². The molecule has 38 valence electrons. The smallest absolute Gasteiger partial charge is 0.123 e. The Bertz CT molecular complexity index is 114. The number of rotatable bonds is 0. The fraction of sp³-hybridized carbons (Fsp3) is 0.250. The maximum atomic E-state index is 5.27. The van der Waals surface area contributed by atoms with E-state index in [1.807, 2.05) is 6.08 Å². The first-order valence-corrected chi connectivity index (χ1v) is 2.12. The molecule has 0 saturated carbocycles. The summed E-state index contributed by atoms with van der Waals surface area (Å²) in [4.78, 5) is 0. The summed E-state index contributed by atoms with van der Waals surface area (Å²) in [7, 11) is 0. The standard InChI is InChI=1S/C4H7N3/c5-4-2-1-3-6-7-4/h1,3,6H,2H2,(H2,5,7). The molecule has 0 bridgehead atoms. The molecule has 7 heavy (non-hydrogen) atoms. The molecule has 0 aromatic rings. The number of nitrogens with zero attached hydrogens (tertiary/aromatic N) is 1. The molecule has 0 fully saturated rings. The number of hydrazone groups is 1. The van der Waals surface area contributed by atoms with Crippen LogP contribution in [0.15, 0.2) is 17.4 Å². The Hall–Kier alpha value is -0.990. The summed E-state index contributed by atoms with van der Waals surface area (Å²) in [5, 5.41) is 3.69. The van der Waals surface area contributed by atoms with Crippen molar-refractivity contribution in [2.75, 3.05) is 0 Å². The van der Waals surface area contributed by atoms with Crippen LogP contribution in [0.4, 0.5) is 0 Å². The highest BCUT2D eigenvalue weighted by atomic mass is 15.3. The Morgan fingerprint density at radius 3 is 3.00 bits per heavy atom. The van der Waals surface area contributed by atoms with Crippen LogP contribution in [0.5, 0.6) is 0 Å². The highest BCUT2D eigenvalue weighted by Gasteiger charge is 1.88. The SMILES string of the molecule is NC1=NNC=CC1. The number of nitrogens with one attached hydrogen (secondary N) is 1. The van der Waals surface area contributed by atoms with Crippen molar-refractivity contribution >= 4 is 5.84 Å². The van der Waals surface area contributed by atoms with Crippen molar-refractivity contribution in [2.45, 2.75) is 6.42 Å². The van der Waals surface area contributed by atoms with E-state index in [1.165, 1.54) is 0 Å². The van der Waals surface area contributed by atoms with Crippen molar-refractivity contribution in [1.82, 2.24) is 5.43 Å². The molecule has 0 aromatic carbocycles. The maximum absolute atomic E-state index is 5.27. The Kier molecular flexibility index (Phi) is 0.978. The second-order valence-electron chi connectivity index (χ2n) is 1.34. The van der Waals surface area contributed by atoms with Crippen LogP contribution in [0.2, 0.25) is 0 Å². The molecule has 1 rings (SSSR count). The quantitative estimate of drug-likeness (QED) is 0.438. The molecule has 3 N–H and O–H groups in total. The minimum absolute atomic E-state index is 0.641. The van der Waals surface area contributed by atoms with Gasteiger partial charge in [-0.1, -0.05) is 6.08 Å². The number of nitrogens with two attached hydrogens (primary N) is 1. The summed E-state index contributed by atoms with van der Waals surface area (Å²) in [6.45, 7) is 0. The van der Waals surface area contributed by atoms with Gasteiger partial charge in [0.1, 0.15) is 5.84 Å². The first kappa shape index (κ1) is 4.18. The van der Waals surface area contributed by atoms with Crippen molar-refractivity contribution < 1.29 is 0 Å². The molecule has 0 amide bonds. The maximum Gasteiger partial charge on any atom is 0.123 e. The predicted molar refractivity (Wildman–Crippen MR) is 28.5 cm³/mol. The number of hydrogen-bond donors (Lipinski definition) is 2. The van der Waals surface area contributed by atoms with E-state index in [1.54, 1.807) is 6.20 Å². The minimum Gasteiger partial charge on any atom is -0.385 e. The molecule has 0 atom stereocenters. The summed E-state index contributed by atoms with van der Waals surface area (Å²) < 4.78 is 0. The molecule has 0 aliphatic carbocycles. The molecule has 3 heteroatoms. The summed E-state index contributed by atoms with van der Waals surface area (Å²) in [5.74, 6) is 0.641. The predicted octanol–water partition coefficient (Wildman–Crippen LogP) is -0.234. The monoisotopic (exact) mass is 97.1 g/mol. The van der Waals surface area contributed by atoms with Crippen molar-refractivity contribution in [2.24, 2.45) is 10.8 Å². The van der Waals surface area contributed by atoms with E-state index in [2.05, 4.69) is 10.5 Å². The van der Waals surface area contributed by atoms with Gasteiger partial charge < -0.3 is 5.73 Å². The molecule has 0 radical (unpaired) electrons. The zero-order chi connectivity index (χ0) is 5.11. The minimum atomic E-state index is 0.641. The molecule has 1 aliphatic rings. The fourth-order valence-electron chi connectivity index (χ4n) is 0.398. The average Bonchev–Trinajstić information content (AvgIpc) is 1.69. The number of hydrogen-bond acceptors (Lipinski definition) is 3. The van der Waals surface area contributed by atoms with Gasteiger partial charge in [-0.05, 0) is 0 Å². The molecular weight excluding hydrogens is 90.1 g/mol. The van der Waals surface area contributed by atoms with Gasteiger partial charge >= 0.3 is 0 Å². The zero-order valence-corrected chi connectivity index (χ0v) is 3.89. The van der Waals surface area contributed by atoms with E-state index < -0.39 is 0 Å². The molecular formula is C4H7N3. The van der Waals surface area contributed by atoms with Crippen LogP contribution in [-0.2, 0) is 0 Å². The van der Waals surface area contributed by atoms with E-state index in [9.17, 15) is 0 Å². The van der Waals surface area contributed by atoms with Gasteiger partial charge in [-0.2, -0.15) is 5.10 Å². The lowest BCUT2D eigenvalue weighted by Gasteiger charge is -1.99. The van der Waals surface area contributed by atoms with Crippen molar-refractivity contribution in [3.05, 3.63) is 12.3 Å². The summed E-state index contributed by atoms with van der Waals surface area (Å²) in [6, 6.07) is 0. The largest absolute Gasteiger partial charge is 0.385 e. The van der Waals surface area contributed by atoms with Crippen molar-refractivity contribution in [3.8, 4) is 0 Å². The van der Waals surface area contributed by atoms with Crippen LogP contribution in [0, 0.1) is 0 Å². The summed E-state index contributed by atoms with van der Waals surface area (Å²) in [5.41, 5.74) is 7.89. The van der Waals surface area contributed by atoms with Crippen LogP contribution in [0.3, 0.4) is 0 Å². The first-order valence-electron chi connectivity index (χ1n) is 2.12. The van der Waals surface area contributed by atoms with Crippen LogP contribution in [-0.4, -0.2) is 5.84 Å². The Morgan fingerprint density at radius 1 is 1.86 bits per heavy atom. The third-order valence-electron chi connectivity index (χ3n) is 0.728. The van der Waals surface area contributed by atoms with E-state index in [0.29, 0.717) is 5.84 Å². The van der Waals surface area contributed by atoms with Crippen molar-refractivity contribution in [1.29, 1.82) is 0 Å². The van der Waals surface area contributed by atoms with E-state index in [4.69, 9.17) is 5.73 Å². The molecule has 1 aliphatic heterocycles. The van der Waals surface area contributed by atoms with Crippen molar-refractivity contribution in [3.63, 3.8) is 0 Å². The number of amidine groups is 1. The van der Waals surface area contributed by atoms with Gasteiger partial charge in [-0.15, -0.1) is 0 Å². The highest BCUT2D eigenvalue weighted by Crippen LogP contribution is 1.85. The van der Waals surface area contributed by atoms with Gasteiger partial charge in [-0.25, -0.2) is 0 Å². The van der Waals surface area contributed by atoms with Gasteiger partial charge in [0, 0.05) is 12.6 Å². The van der Waals surface area contributed by atoms with E-state index >= 15 is 0 Å². The van der Waals surface area contributed by atoms with Crippen LogP contribution >= 0.6 is 0 Å². The third-order valence-corrected chi connectivity index (χ3v) is 0.728. The summed E-state index contributed by atoms with van der Waals surface area (Å²) >= 11 is 0. The van der Waals surface area contributed by atoms with Crippen LogP contribution < -0.4 is 11.2 Å². The lowest BCUT2D eigenvalue weighted by Crippen LogP contribution is -2.17. The Labute approximate surface area is 41.9 Å².